The molecule has 1 aliphatic rings. The monoisotopic (exact) mass is 417 g/mol. The highest BCUT2D eigenvalue weighted by molar-refractivity contribution is 6.31. The van der Waals surface area contributed by atoms with Gasteiger partial charge in [-0.15, -0.1) is 0 Å². The molecular formula is C22H22ClF2N3O. The van der Waals surface area contributed by atoms with Crippen molar-refractivity contribution in [2.75, 3.05) is 6.54 Å². The van der Waals surface area contributed by atoms with Gasteiger partial charge in [-0.1, -0.05) is 18.5 Å². The maximum Gasteiger partial charge on any atom is 0.257 e. The largest absolute Gasteiger partial charge is 0.331 e. The van der Waals surface area contributed by atoms with Crippen LogP contribution in [0.5, 0.6) is 0 Å². The highest BCUT2D eigenvalue weighted by atomic mass is 35.5. The topological polar surface area (TPSA) is 38.1 Å². The lowest BCUT2D eigenvalue weighted by atomic mass is 10.1. The molecule has 0 spiro atoms. The molecule has 0 atom stereocenters. The Hall–Kier alpha value is -2.47. The Morgan fingerprint density at radius 1 is 1.24 bits per heavy atom. The third kappa shape index (κ3) is 4.27. The average Bonchev–Trinajstić information content (AvgIpc) is 3.44. The molecule has 0 N–H and O–H groups in total. The van der Waals surface area contributed by atoms with E-state index in [0.717, 1.165) is 35.5 Å². The molecular weight excluding hydrogens is 396 g/mol. The van der Waals surface area contributed by atoms with Gasteiger partial charge in [-0.05, 0) is 55.5 Å². The van der Waals surface area contributed by atoms with Gasteiger partial charge >= 0.3 is 0 Å². The van der Waals surface area contributed by atoms with Crippen LogP contribution in [0.2, 0.25) is 5.02 Å². The average molecular weight is 418 g/mol. The van der Waals surface area contributed by atoms with Crippen LogP contribution >= 0.6 is 11.6 Å². The Morgan fingerprint density at radius 3 is 2.72 bits per heavy atom. The van der Waals surface area contributed by atoms with Gasteiger partial charge in [0.05, 0.1) is 23.1 Å². The molecule has 2 aromatic carbocycles. The standard InChI is InChI=1S/C22H22ClF2N3O/c1-2-9-27(22(29)17-7-6-16(24)11-18(17)25)13-21-26-19-8-5-15(23)10-20(19)28(21)12-14-3-4-14/h5-8,10-11,14H,2-4,9,12-13H2,1H3. The number of hydrogen-bond acceptors (Lipinski definition) is 2. The number of halogens is 3. The van der Waals surface area contributed by atoms with E-state index in [9.17, 15) is 13.6 Å². The quantitative estimate of drug-likeness (QED) is 0.514. The van der Waals surface area contributed by atoms with Gasteiger partial charge in [0.25, 0.3) is 5.91 Å². The van der Waals surface area contributed by atoms with Crippen LogP contribution in [0, 0.1) is 17.6 Å². The molecule has 1 heterocycles. The molecule has 1 fully saturated rings. The number of imidazole rings is 1. The second-order valence-electron chi connectivity index (χ2n) is 7.57. The summed E-state index contributed by atoms with van der Waals surface area (Å²) in [4.78, 5) is 19.3. The van der Waals surface area contributed by atoms with Crippen molar-refractivity contribution in [3.8, 4) is 0 Å². The maximum atomic E-state index is 14.2. The molecule has 0 unspecified atom stereocenters. The van der Waals surface area contributed by atoms with Crippen molar-refractivity contribution < 1.29 is 13.6 Å². The zero-order valence-electron chi connectivity index (χ0n) is 16.2. The Bertz CT molecular complexity index is 1060. The van der Waals surface area contributed by atoms with E-state index in [1.807, 2.05) is 19.1 Å². The summed E-state index contributed by atoms with van der Waals surface area (Å²) in [6.45, 7) is 3.48. The summed E-state index contributed by atoms with van der Waals surface area (Å²) in [6, 6.07) is 8.59. The van der Waals surface area contributed by atoms with E-state index in [0.29, 0.717) is 23.9 Å². The molecule has 3 aromatic rings. The number of fused-ring (bicyclic) bond motifs is 1. The summed E-state index contributed by atoms with van der Waals surface area (Å²) in [6.07, 6.45) is 3.07. The number of amides is 1. The lowest BCUT2D eigenvalue weighted by Gasteiger charge is -2.23. The van der Waals surface area contributed by atoms with Crippen molar-refractivity contribution in [1.29, 1.82) is 0 Å². The van der Waals surface area contributed by atoms with Crippen molar-refractivity contribution in [2.24, 2.45) is 5.92 Å². The first-order valence-electron chi connectivity index (χ1n) is 9.85. The second-order valence-corrected chi connectivity index (χ2v) is 8.00. The smallest absolute Gasteiger partial charge is 0.257 e. The summed E-state index contributed by atoms with van der Waals surface area (Å²) in [7, 11) is 0. The van der Waals surface area contributed by atoms with E-state index in [-0.39, 0.29) is 12.1 Å². The van der Waals surface area contributed by atoms with Gasteiger partial charge in [-0.2, -0.15) is 0 Å². The van der Waals surface area contributed by atoms with Crippen LogP contribution in [0.1, 0.15) is 42.4 Å². The zero-order chi connectivity index (χ0) is 20.5. The lowest BCUT2D eigenvalue weighted by molar-refractivity contribution is 0.0732. The van der Waals surface area contributed by atoms with Gasteiger partial charge in [0, 0.05) is 24.2 Å². The molecule has 1 amide bonds. The number of benzene rings is 2. The van der Waals surface area contributed by atoms with Crippen LogP contribution in [0.25, 0.3) is 11.0 Å². The van der Waals surface area contributed by atoms with E-state index in [1.54, 1.807) is 11.0 Å². The van der Waals surface area contributed by atoms with E-state index in [2.05, 4.69) is 4.57 Å². The molecule has 152 valence electrons. The normalized spacial score (nSPS) is 13.8. The van der Waals surface area contributed by atoms with Crippen LogP contribution in [-0.2, 0) is 13.1 Å². The van der Waals surface area contributed by atoms with Gasteiger partial charge in [-0.25, -0.2) is 13.8 Å². The van der Waals surface area contributed by atoms with E-state index in [4.69, 9.17) is 16.6 Å². The number of hydrogen-bond donors (Lipinski definition) is 0. The molecule has 1 saturated carbocycles. The summed E-state index contributed by atoms with van der Waals surface area (Å²) in [5.74, 6) is -0.667. The fourth-order valence-corrected chi connectivity index (χ4v) is 3.72. The fraction of sp³-hybridized carbons (Fsp3) is 0.364. The van der Waals surface area contributed by atoms with Gasteiger partial charge in [0.1, 0.15) is 17.5 Å². The number of carbonyl (C=O) groups excluding carboxylic acids is 1. The first-order valence-corrected chi connectivity index (χ1v) is 10.2. The van der Waals surface area contributed by atoms with Crippen LogP contribution in [0.4, 0.5) is 8.78 Å². The molecule has 29 heavy (non-hydrogen) atoms. The van der Waals surface area contributed by atoms with Crippen molar-refractivity contribution >= 4 is 28.5 Å². The predicted octanol–water partition coefficient (Wildman–Crippen LogP) is 5.43. The van der Waals surface area contributed by atoms with Crippen LogP contribution in [-0.4, -0.2) is 26.9 Å². The van der Waals surface area contributed by atoms with Gasteiger partial charge in [0.2, 0.25) is 0 Å². The highest BCUT2D eigenvalue weighted by Gasteiger charge is 2.26. The molecule has 0 bridgehead atoms. The molecule has 0 radical (unpaired) electrons. The van der Waals surface area contributed by atoms with Gasteiger partial charge in [0.15, 0.2) is 0 Å². The minimum Gasteiger partial charge on any atom is -0.331 e. The Morgan fingerprint density at radius 2 is 2.03 bits per heavy atom. The Balaban J connectivity index is 1.69. The second kappa shape index (κ2) is 8.11. The summed E-state index contributed by atoms with van der Waals surface area (Å²) >= 11 is 6.19. The van der Waals surface area contributed by atoms with Crippen molar-refractivity contribution in [3.05, 3.63) is 64.4 Å². The lowest BCUT2D eigenvalue weighted by Crippen LogP contribution is -2.33. The number of nitrogens with zero attached hydrogens (tertiary/aromatic N) is 3. The number of rotatable bonds is 7. The van der Waals surface area contributed by atoms with Crippen LogP contribution < -0.4 is 0 Å². The van der Waals surface area contributed by atoms with Crippen molar-refractivity contribution in [1.82, 2.24) is 14.5 Å². The van der Waals surface area contributed by atoms with Crippen LogP contribution in [0.3, 0.4) is 0 Å². The molecule has 1 aromatic heterocycles. The van der Waals surface area contributed by atoms with Gasteiger partial charge in [-0.3, -0.25) is 4.79 Å². The van der Waals surface area contributed by atoms with E-state index in [1.165, 1.54) is 18.9 Å². The third-order valence-electron chi connectivity index (χ3n) is 5.20. The molecule has 4 rings (SSSR count). The summed E-state index contributed by atoms with van der Waals surface area (Å²) < 4.78 is 29.6. The first kappa shape index (κ1) is 19.8. The van der Waals surface area contributed by atoms with E-state index < -0.39 is 17.5 Å². The molecule has 0 aliphatic heterocycles. The Kier molecular flexibility index (Phi) is 5.54. The number of carbonyl (C=O) groups is 1. The maximum absolute atomic E-state index is 14.2. The van der Waals surface area contributed by atoms with Crippen molar-refractivity contribution in [2.45, 2.75) is 39.3 Å². The predicted molar refractivity (Wildman–Crippen MR) is 109 cm³/mol. The summed E-state index contributed by atoms with van der Waals surface area (Å²) in [5, 5.41) is 0.635. The molecule has 7 heteroatoms. The first-order chi connectivity index (χ1) is 14.0. The molecule has 1 aliphatic carbocycles. The van der Waals surface area contributed by atoms with Crippen molar-refractivity contribution in [3.63, 3.8) is 0 Å². The summed E-state index contributed by atoms with van der Waals surface area (Å²) in [5.41, 5.74) is 1.63. The minimum atomic E-state index is -0.852. The molecule has 4 nitrogen and oxygen atoms in total. The zero-order valence-corrected chi connectivity index (χ0v) is 16.9. The van der Waals surface area contributed by atoms with Gasteiger partial charge < -0.3 is 9.47 Å². The van der Waals surface area contributed by atoms with Crippen LogP contribution in [0.15, 0.2) is 36.4 Å². The highest BCUT2D eigenvalue weighted by Crippen LogP contribution is 2.33. The molecule has 0 saturated heterocycles. The van der Waals surface area contributed by atoms with E-state index >= 15 is 0 Å². The fourth-order valence-electron chi connectivity index (χ4n) is 3.56. The number of aromatic nitrogens is 2. The minimum absolute atomic E-state index is 0.132. The third-order valence-corrected chi connectivity index (χ3v) is 5.44. The SMILES string of the molecule is CCCN(Cc1nc2ccc(Cl)cc2n1CC1CC1)C(=O)c1ccc(F)cc1F. The Labute approximate surface area is 173 Å².